The highest BCUT2D eigenvalue weighted by Crippen LogP contribution is 2.30. The van der Waals surface area contributed by atoms with Crippen LogP contribution in [-0.2, 0) is 0 Å². The number of benzene rings is 1. The molecule has 0 aliphatic heterocycles. The zero-order valence-electron chi connectivity index (χ0n) is 9.25. The minimum atomic E-state index is -1.21. The quantitative estimate of drug-likeness (QED) is 0.665. The van der Waals surface area contributed by atoms with Crippen LogP contribution in [0.2, 0.25) is 0 Å². The highest BCUT2D eigenvalue weighted by molar-refractivity contribution is 5.43. The molecule has 0 aromatic heterocycles. The molecule has 0 aliphatic rings. The monoisotopic (exact) mass is 228 g/mol. The van der Waals surface area contributed by atoms with Gasteiger partial charge in [-0.25, -0.2) is 0 Å². The van der Waals surface area contributed by atoms with E-state index in [1.165, 1.54) is 14.2 Å². The molecule has 3 N–H and O–H groups in total. The highest BCUT2D eigenvalue weighted by atomic mass is 16.5. The van der Waals surface area contributed by atoms with Gasteiger partial charge in [0.05, 0.1) is 20.8 Å². The van der Waals surface area contributed by atoms with Gasteiger partial charge in [0.15, 0.2) is 11.5 Å². The first-order chi connectivity index (χ1) is 7.63. The number of methoxy groups -OCH3 is 2. The minimum Gasteiger partial charge on any atom is -0.493 e. The van der Waals surface area contributed by atoms with Crippen molar-refractivity contribution in [3.8, 4) is 11.5 Å². The molecular weight excluding hydrogens is 212 g/mol. The lowest BCUT2D eigenvalue weighted by molar-refractivity contribution is -0.0153. The van der Waals surface area contributed by atoms with Gasteiger partial charge in [-0.05, 0) is 17.7 Å². The number of hydrogen-bond acceptors (Lipinski definition) is 5. The van der Waals surface area contributed by atoms with Crippen LogP contribution in [-0.4, -0.2) is 42.3 Å². The van der Waals surface area contributed by atoms with Gasteiger partial charge >= 0.3 is 0 Å². The van der Waals surface area contributed by atoms with Crippen molar-refractivity contribution < 1.29 is 24.8 Å². The predicted molar refractivity (Wildman–Crippen MR) is 57.6 cm³/mol. The smallest absolute Gasteiger partial charge is 0.161 e. The molecule has 0 spiro atoms. The van der Waals surface area contributed by atoms with Gasteiger partial charge in [-0.3, -0.25) is 0 Å². The zero-order chi connectivity index (χ0) is 12.1. The molecule has 5 nitrogen and oxygen atoms in total. The number of rotatable bonds is 5. The molecule has 0 unspecified atom stereocenters. The zero-order valence-corrected chi connectivity index (χ0v) is 9.25. The molecule has 2 atom stereocenters. The third kappa shape index (κ3) is 2.63. The van der Waals surface area contributed by atoms with E-state index in [9.17, 15) is 10.2 Å². The summed E-state index contributed by atoms with van der Waals surface area (Å²) in [7, 11) is 2.99. The Bertz CT molecular complexity index is 339. The molecule has 90 valence electrons. The van der Waals surface area contributed by atoms with Crippen LogP contribution in [0.1, 0.15) is 11.7 Å². The van der Waals surface area contributed by atoms with Crippen LogP contribution >= 0.6 is 0 Å². The van der Waals surface area contributed by atoms with E-state index >= 15 is 0 Å². The van der Waals surface area contributed by atoms with Crippen LogP contribution in [0.25, 0.3) is 0 Å². The normalized spacial score (nSPS) is 14.3. The summed E-state index contributed by atoms with van der Waals surface area (Å²) in [5.74, 6) is 1.00. The molecule has 0 saturated heterocycles. The topological polar surface area (TPSA) is 79.2 Å². The average Bonchev–Trinajstić information content (AvgIpc) is 2.35. The molecular formula is C11H16O5. The summed E-state index contributed by atoms with van der Waals surface area (Å²) in [5, 5.41) is 27.7. The molecule has 1 aromatic carbocycles. The molecule has 16 heavy (non-hydrogen) atoms. The molecule has 0 bridgehead atoms. The fourth-order valence-electron chi connectivity index (χ4n) is 1.36. The fraction of sp³-hybridized carbons (Fsp3) is 0.455. The molecule has 0 fully saturated rings. The molecule has 5 heteroatoms. The van der Waals surface area contributed by atoms with Gasteiger partial charge in [0.2, 0.25) is 0 Å². The number of hydrogen-bond donors (Lipinski definition) is 3. The van der Waals surface area contributed by atoms with Crippen molar-refractivity contribution in [2.45, 2.75) is 12.2 Å². The lowest BCUT2D eigenvalue weighted by Crippen LogP contribution is -2.22. The van der Waals surface area contributed by atoms with E-state index in [0.29, 0.717) is 17.1 Å². The maximum absolute atomic E-state index is 9.67. The van der Waals surface area contributed by atoms with Gasteiger partial charge in [-0.2, -0.15) is 0 Å². The van der Waals surface area contributed by atoms with Crippen LogP contribution in [0, 0.1) is 0 Å². The SMILES string of the molecule is COc1ccc([C@@H](O)[C@@H](O)CO)cc1OC. The van der Waals surface area contributed by atoms with E-state index in [-0.39, 0.29) is 0 Å². The number of aliphatic hydroxyl groups excluding tert-OH is 3. The molecule has 0 saturated carbocycles. The van der Waals surface area contributed by atoms with E-state index in [2.05, 4.69) is 0 Å². The maximum atomic E-state index is 9.67. The predicted octanol–water partition coefficient (Wildman–Crippen LogP) is 0.0904. The Morgan fingerprint density at radius 3 is 2.25 bits per heavy atom. The summed E-state index contributed by atoms with van der Waals surface area (Å²) in [6, 6.07) is 4.79. The third-order valence-corrected chi connectivity index (χ3v) is 2.30. The van der Waals surface area contributed by atoms with E-state index in [1.807, 2.05) is 0 Å². The van der Waals surface area contributed by atoms with Crippen LogP contribution < -0.4 is 9.47 Å². The van der Waals surface area contributed by atoms with Crippen LogP contribution in [0.4, 0.5) is 0 Å². The average molecular weight is 228 g/mol. The van der Waals surface area contributed by atoms with Crippen LogP contribution in [0.3, 0.4) is 0 Å². The Kier molecular flexibility index (Phi) is 4.54. The van der Waals surface area contributed by atoms with E-state index in [0.717, 1.165) is 0 Å². The summed E-state index contributed by atoms with van der Waals surface area (Å²) in [6.45, 7) is -0.504. The Labute approximate surface area is 93.9 Å². The molecule has 0 aliphatic carbocycles. The summed E-state index contributed by atoms with van der Waals surface area (Å²) >= 11 is 0. The Morgan fingerprint density at radius 2 is 1.75 bits per heavy atom. The Hall–Kier alpha value is -1.30. The van der Waals surface area contributed by atoms with Crippen molar-refractivity contribution in [2.75, 3.05) is 20.8 Å². The second-order valence-electron chi connectivity index (χ2n) is 3.31. The highest BCUT2D eigenvalue weighted by Gasteiger charge is 2.18. The lowest BCUT2D eigenvalue weighted by atomic mass is 10.0. The van der Waals surface area contributed by atoms with Crippen molar-refractivity contribution in [1.29, 1.82) is 0 Å². The van der Waals surface area contributed by atoms with Crippen molar-refractivity contribution in [1.82, 2.24) is 0 Å². The van der Waals surface area contributed by atoms with Crippen LogP contribution in [0.5, 0.6) is 11.5 Å². The van der Waals surface area contributed by atoms with E-state index in [1.54, 1.807) is 18.2 Å². The van der Waals surface area contributed by atoms with Gasteiger partial charge in [0.25, 0.3) is 0 Å². The van der Waals surface area contributed by atoms with Crippen molar-refractivity contribution >= 4 is 0 Å². The molecule has 1 rings (SSSR count). The second kappa shape index (κ2) is 5.69. The molecule has 0 radical (unpaired) electrons. The fourth-order valence-corrected chi connectivity index (χ4v) is 1.36. The third-order valence-electron chi connectivity index (χ3n) is 2.30. The first kappa shape index (κ1) is 12.8. The molecule has 1 aromatic rings. The molecule has 0 amide bonds. The summed E-state index contributed by atoms with van der Waals surface area (Å²) in [5.41, 5.74) is 0.458. The summed E-state index contributed by atoms with van der Waals surface area (Å²) in [4.78, 5) is 0. The second-order valence-corrected chi connectivity index (χ2v) is 3.31. The maximum Gasteiger partial charge on any atom is 0.161 e. The Morgan fingerprint density at radius 1 is 1.12 bits per heavy atom. The van der Waals surface area contributed by atoms with Crippen molar-refractivity contribution in [3.63, 3.8) is 0 Å². The largest absolute Gasteiger partial charge is 0.493 e. The van der Waals surface area contributed by atoms with Gasteiger partial charge in [-0.1, -0.05) is 6.07 Å². The Balaban J connectivity index is 2.98. The summed E-state index contributed by atoms with van der Waals surface area (Å²) in [6.07, 6.45) is -2.36. The molecule has 0 heterocycles. The lowest BCUT2D eigenvalue weighted by Gasteiger charge is -2.17. The standard InChI is InChI=1S/C11H16O5/c1-15-9-4-3-7(5-10(9)16-2)11(14)8(13)6-12/h3-5,8,11-14H,6H2,1-2H3/t8-,11+/m0/s1. The van der Waals surface area contributed by atoms with E-state index < -0.39 is 18.8 Å². The number of aliphatic hydroxyl groups is 3. The first-order valence-corrected chi connectivity index (χ1v) is 4.83. The van der Waals surface area contributed by atoms with Crippen LogP contribution in [0.15, 0.2) is 18.2 Å². The minimum absolute atomic E-state index is 0.458. The number of ether oxygens (including phenoxy) is 2. The first-order valence-electron chi connectivity index (χ1n) is 4.83. The van der Waals surface area contributed by atoms with Gasteiger partial charge < -0.3 is 24.8 Å². The summed E-state index contributed by atoms with van der Waals surface area (Å²) < 4.78 is 10.1. The van der Waals surface area contributed by atoms with Gasteiger partial charge in [0, 0.05) is 0 Å². The van der Waals surface area contributed by atoms with E-state index in [4.69, 9.17) is 14.6 Å². The van der Waals surface area contributed by atoms with Gasteiger partial charge in [0.1, 0.15) is 12.2 Å². The van der Waals surface area contributed by atoms with Crippen molar-refractivity contribution in [2.24, 2.45) is 0 Å². The van der Waals surface area contributed by atoms with Crippen molar-refractivity contribution in [3.05, 3.63) is 23.8 Å². The van der Waals surface area contributed by atoms with Gasteiger partial charge in [-0.15, -0.1) is 0 Å².